The van der Waals surface area contributed by atoms with Crippen molar-refractivity contribution in [3.63, 3.8) is 0 Å². The van der Waals surface area contributed by atoms with E-state index in [4.69, 9.17) is 0 Å². The summed E-state index contributed by atoms with van der Waals surface area (Å²) in [5, 5.41) is 3.77. The molecule has 1 aromatic heterocycles. The number of anilines is 1. The minimum Gasteiger partial charge on any atom is -0.325 e. The van der Waals surface area contributed by atoms with Gasteiger partial charge in [-0.3, -0.25) is 9.59 Å². The number of aromatic nitrogens is 2. The van der Waals surface area contributed by atoms with E-state index in [9.17, 15) is 9.59 Å². The Hall–Kier alpha value is -1.00. The molecule has 24 heavy (non-hydrogen) atoms. The molecule has 0 saturated carbocycles. The summed E-state index contributed by atoms with van der Waals surface area (Å²) in [7, 11) is 0. The van der Waals surface area contributed by atoms with E-state index in [0.717, 1.165) is 15.0 Å². The van der Waals surface area contributed by atoms with Crippen LogP contribution >= 0.6 is 46.1 Å². The summed E-state index contributed by atoms with van der Waals surface area (Å²) < 4.78 is 1.11. The second-order valence-electron chi connectivity index (χ2n) is 5.25. The molecule has 0 saturated heterocycles. The van der Waals surface area contributed by atoms with Crippen molar-refractivity contribution in [2.45, 2.75) is 30.0 Å². The Kier molecular flexibility index (Phi) is 7.63. The first-order valence-corrected chi connectivity index (χ1v) is 10.4. The normalized spacial score (nSPS) is 10.8. The fourth-order valence-electron chi connectivity index (χ4n) is 1.74. The molecule has 0 unspecified atom stereocenters. The molecule has 0 radical (unpaired) electrons. The lowest BCUT2D eigenvalue weighted by Crippen LogP contribution is -2.15. The first kappa shape index (κ1) is 19.3. The standard InChI is InChI=1S/C16H18IN3O2S2/c1-10(2)23-8-13-7-14(21)20-16(19-13)24-9-15(22)18-12-5-3-11(17)4-6-12/h3-7,10H,8-9H2,1-2H3,(H,18,22)(H,19,20,21). The number of nitrogens with zero attached hydrogens (tertiary/aromatic N) is 1. The maximum atomic E-state index is 12.0. The zero-order valence-corrected chi connectivity index (χ0v) is 17.1. The highest BCUT2D eigenvalue weighted by Crippen LogP contribution is 2.18. The van der Waals surface area contributed by atoms with Gasteiger partial charge in [-0.25, -0.2) is 4.98 Å². The van der Waals surface area contributed by atoms with Gasteiger partial charge in [-0.15, -0.1) is 0 Å². The van der Waals surface area contributed by atoms with Gasteiger partial charge < -0.3 is 10.3 Å². The Morgan fingerprint density at radius 1 is 1.33 bits per heavy atom. The lowest BCUT2D eigenvalue weighted by Gasteiger charge is -2.07. The van der Waals surface area contributed by atoms with Crippen LogP contribution in [0, 0.1) is 3.57 Å². The van der Waals surface area contributed by atoms with E-state index < -0.39 is 0 Å². The third-order valence-corrected chi connectivity index (χ3v) is 5.53. The molecule has 0 spiro atoms. The number of amides is 1. The number of halogens is 1. The van der Waals surface area contributed by atoms with Crippen LogP contribution in [0.5, 0.6) is 0 Å². The summed E-state index contributed by atoms with van der Waals surface area (Å²) in [4.78, 5) is 30.8. The van der Waals surface area contributed by atoms with Gasteiger partial charge >= 0.3 is 0 Å². The van der Waals surface area contributed by atoms with Crippen molar-refractivity contribution in [2.24, 2.45) is 0 Å². The van der Waals surface area contributed by atoms with Gasteiger partial charge in [-0.1, -0.05) is 25.6 Å². The van der Waals surface area contributed by atoms with E-state index in [1.807, 2.05) is 24.3 Å². The fraction of sp³-hybridized carbons (Fsp3) is 0.312. The van der Waals surface area contributed by atoms with Crippen LogP contribution in [0.3, 0.4) is 0 Å². The summed E-state index contributed by atoms with van der Waals surface area (Å²) in [6.45, 7) is 4.20. The van der Waals surface area contributed by atoms with E-state index in [2.05, 4.69) is 51.7 Å². The molecule has 128 valence electrons. The zero-order valence-electron chi connectivity index (χ0n) is 13.3. The largest absolute Gasteiger partial charge is 0.325 e. The van der Waals surface area contributed by atoms with E-state index in [-0.39, 0.29) is 17.2 Å². The maximum Gasteiger partial charge on any atom is 0.251 e. The number of H-pyrrole nitrogens is 1. The van der Waals surface area contributed by atoms with Crippen molar-refractivity contribution in [1.29, 1.82) is 0 Å². The SMILES string of the molecule is CC(C)SCc1cc(=O)[nH]c(SCC(=O)Nc2ccc(I)cc2)n1. The van der Waals surface area contributed by atoms with Crippen LogP contribution in [-0.4, -0.2) is 26.9 Å². The van der Waals surface area contributed by atoms with Crippen LogP contribution in [0.15, 0.2) is 40.3 Å². The number of benzene rings is 1. The van der Waals surface area contributed by atoms with Crippen molar-refractivity contribution < 1.29 is 4.79 Å². The third kappa shape index (κ3) is 6.86. The van der Waals surface area contributed by atoms with Crippen molar-refractivity contribution in [3.8, 4) is 0 Å². The second kappa shape index (κ2) is 9.47. The highest BCUT2D eigenvalue weighted by atomic mass is 127. The average Bonchev–Trinajstić information content (AvgIpc) is 2.53. The number of aromatic amines is 1. The van der Waals surface area contributed by atoms with E-state index >= 15 is 0 Å². The smallest absolute Gasteiger partial charge is 0.251 e. The second-order valence-corrected chi connectivity index (χ2v) is 9.02. The van der Waals surface area contributed by atoms with Crippen molar-refractivity contribution in [3.05, 3.63) is 49.9 Å². The molecule has 0 atom stereocenters. The first-order valence-electron chi connectivity index (χ1n) is 7.32. The molecule has 0 aliphatic heterocycles. The highest BCUT2D eigenvalue weighted by Gasteiger charge is 2.08. The van der Waals surface area contributed by atoms with Crippen molar-refractivity contribution in [2.75, 3.05) is 11.1 Å². The number of hydrogen-bond acceptors (Lipinski definition) is 5. The van der Waals surface area contributed by atoms with Crippen LogP contribution in [0.4, 0.5) is 5.69 Å². The lowest BCUT2D eigenvalue weighted by molar-refractivity contribution is -0.113. The molecule has 2 rings (SSSR count). The minimum atomic E-state index is -0.190. The predicted molar refractivity (Wildman–Crippen MR) is 110 cm³/mol. The molecule has 2 aromatic rings. The van der Waals surface area contributed by atoms with Crippen LogP contribution < -0.4 is 10.9 Å². The van der Waals surface area contributed by atoms with Crippen molar-refractivity contribution in [1.82, 2.24) is 9.97 Å². The van der Waals surface area contributed by atoms with E-state index in [1.165, 1.54) is 17.8 Å². The number of thioether (sulfide) groups is 2. The number of rotatable bonds is 7. The molecular formula is C16H18IN3O2S2. The zero-order chi connectivity index (χ0) is 17.5. The van der Waals surface area contributed by atoms with Crippen molar-refractivity contribution >= 4 is 57.7 Å². The summed E-state index contributed by atoms with van der Waals surface area (Å²) >= 11 is 5.16. The molecule has 5 nitrogen and oxygen atoms in total. The quantitative estimate of drug-likeness (QED) is 0.363. The number of hydrogen-bond donors (Lipinski definition) is 2. The van der Waals surface area contributed by atoms with Gasteiger partial charge in [0.15, 0.2) is 5.16 Å². The molecule has 2 N–H and O–H groups in total. The Balaban J connectivity index is 1.92. The van der Waals surface area contributed by atoms with Crippen LogP contribution in [0.2, 0.25) is 0 Å². The van der Waals surface area contributed by atoms with Gasteiger partial charge in [0.2, 0.25) is 5.91 Å². The first-order chi connectivity index (χ1) is 11.4. The predicted octanol–water partition coefficient (Wildman–Crippen LogP) is 3.75. The molecule has 8 heteroatoms. The molecule has 0 fully saturated rings. The molecule has 0 bridgehead atoms. The summed E-state index contributed by atoms with van der Waals surface area (Å²) in [6.07, 6.45) is 0. The summed E-state index contributed by atoms with van der Waals surface area (Å²) in [5.74, 6) is 0.741. The van der Waals surface area contributed by atoms with Crippen LogP contribution in [-0.2, 0) is 10.5 Å². The molecular weight excluding hydrogens is 457 g/mol. The molecule has 1 aromatic carbocycles. The highest BCUT2D eigenvalue weighted by molar-refractivity contribution is 14.1. The van der Waals surface area contributed by atoms with Gasteiger partial charge in [0.25, 0.3) is 5.56 Å². The Labute approximate surface area is 162 Å². The summed E-state index contributed by atoms with van der Waals surface area (Å²) in [5.41, 5.74) is 1.30. The van der Waals surface area contributed by atoms with Crippen LogP contribution in [0.25, 0.3) is 0 Å². The van der Waals surface area contributed by atoms with Gasteiger partial charge in [0.05, 0.1) is 11.4 Å². The molecule has 0 aliphatic carbocycles. The van der Waals surface area contributed by atoms with Gasteiger partial charge in [-0.2, -0.15) is 11.8 Å². The van der Waals surface area contributed by atoms with Gasteiger partial charge in [0, 0.05) is 21.1 Å². The number of carbonyl (C=O) groups is 1. The Bertz CT molecular complexity index is 748. The topological polar surface area (TPSA) is 74.8 Å². The fourth-order valence-corrected chi connectivity index (χ4v) is 3.45. The lowest BCUT2D eigenvalue weighted by atomic mass is 10.3. The van der Waals surface area contributed by atoms with E-state index in [1.54, 1.807) is 11.8 Å². The van der Waals surface area contributed by atoms with E-state index in [0.29, 0.717) is 16.2 Å². The number of nitrogens with one attached hydrogen (secondary N) is 2. The third-order valence-electron chi connectivity index (χ3n) is 2.81. The van der Waals surface area contributed by atoms with Crippen LogP contribution in [0.1, 0.15) is 19.5 Å². The molecule has 1 heterocycles. The maximum absolute atomic E-state index is 12.0. The molecule has 0 aliphatic rings. The Morgan fingerprint density at radius 3 is 2.71 bits per heavy atom. The van der Waals surface area contributed by atoms with Gasteiger partial charge in [0.1, 0.15) is 0 Å². The summed E-state index contributed by atoms with van der Waals surface area (Å²) in [6, 6.07) is 9.07. The Morgan fingerprint density at radius 2 is 2.04 bits per heavy atom. The average molecular weight is 475 g/mol. The minimum absolute atomic E-state index is 0.134. The monoisotopic (exact) mass is 475 g/mol. The van der Waals surface area contributed by atoms with Gasteiger partial charge in [-0.05, 0) is 52.1 Å². The molecule has 1 amide bonds. The number of carbonyl (C=O) groups excluding carboxylic acids is 1.